The second kappa shape index (κ2) is 5.03. The third-order valence-corrected chi connectivity index (χ3v) is 3.54. The molecule has 0 aromatic rings. The molecule has 2 rings (SSSR count). The first-order valence-corrected chi connectivity index (χ1v) is 6.55. The summed E-state index contributed by atoms with van der Waals surface area (Å²) in [6, 6.07) is 0. The van der Waals surface area contributed by atoms with E-state index < -0.39 is 0 Å². The fourth-order valence-electron chi connectivity index (χ4n) is 2.47. The first-order valence-electron chi connectivity index (χ1n) is 6.55. The monoisotopic (exact) mass is 206 g/mol. The van der Waals surface area contributed by atoms with Crippen molar-refractivity contribution >= 4 is 0 Å². The summed E-state index contributed by atoms with van der Waals surface area (Å²) in [4.78, 5) is 0. The van der Waals surface area contributed by atoms with Crippen molar-refractivity contribution in [2.75, 3.05) is 0 Å². The minimum atomic E-state index is 0.0166. The Bertz CT molecular complexity index is 260. The van der Waals surface area contributed by atoms with Crippen molar-refractivity contribution < 1.29 is 4.74 Å². The lowest BCUT2D eigenvalue weighted by atomic mass is 10.0. The van der Waals surface area contributed by atoms with Gasteiger partial charge in [-0.25, -0.2) is 0 Å². The Hall–Kier alpha value is -0.480. The van der Waals surface area contributed by atoms with Crippen LogP contribution in [0.2, 0.25) is 0 Å². The van der Waals surface area contributed by atoms with Gasteiger partial charge in [-0.3, -0.25) is 0 Å². The maximum atomic E-state index is 5.78. The van der Waals surface area contributed by atoms with Crippen molar-refractivity contribution in [3.63, 3.8) is 0 Å². The van der Waals surface area contributed by atoms with Gasteiger partial charge >= 0.3 is 0 Å². The Morgan fingerprint density at radius 1 is 1.27 bits per heavy atom. The summed E-state index contributed by atoms with van der Waals surface area (Å²) >= 11 is 0. The van der Waals surface area contributed by atoms with Gasteiger partial charge in [0.15, 0.2) is 5.60 Å². The average Bonchev–Trinajstić information content (AvgIpc) is 2.91. The van der Waals surface area contributed by atoms with Crippen molar-refractivity contribution in [1.82, 2.24) is 0 Å². The van der Waals surface area contributed by atoms with Crippen LogP contribution >= 0.6 is 0 Å². The highest BCUT2D eigenvalue weighted by atomic mass is 16.6. The molecule has 0 bridgehead atoms. The van der Waals surface area contributed by atoms with Gasteiger partial charge in [-0.05, 0) is 25.7 Å². The van der Waals surface area contributed by atoms with Gasteiger partial charge in [0, 0.05) is 6.42 Å². The maximum Gasteiger partial charge on any atom is 0.155 e. The second-order valence-electron chi connectivity index (χ2n) is 4.85. The summed E-state index contributed by atoms with van der Waals surface area (Å²) < 4.78 is 5.78. The van der Waals surface area contributed by atoms with Gasteiger partial charge in [0.2, 0.25) is 0 Å². The molecule has 84 valence electrons. The van der Waals surface area contributed by atoms with Crippen LogP contribution in [-0.2, 0) is 4.74 Å². The largest absolute Gasteiger partial charge is 0.352 e. The first kappa shape index (κ1) is 11.0. The molecule has 0 N–H and O–H groups in total. The zero-order valence-electron chi connectivity index (χ0n) is 9.85. The summed E-state index contributed by atoms with van der Waals surface area (Å²) in [5.74, 6) is 6.72. The molecular weight excluding hydrogens is 184 g/mol. The third-order valence-electron chi connectivity index (χ3n) is 3.54. The molecule has 0 aromatic heterocycles. The van der Waals surface area contributed by atoms with E-state index in [1.165, 1.54) is 51.4 Å². The summed E-state index contributed by atoms with van der Waals surface area (Å²) in [6.07, 6.45) is 11.8. The molecule has 2 atom stereocenters. The van der Waals surface area contributed by atoms with Crippen LogP contribution < -0.4 is 0 Å². The molecule has 1 heteroatoms. The molecule has 1 saturated heterocycles. The average molecular weight is 206 g/mol. The molecule has 2 aliphatic rings. The van der Waals surface area contributed by atoms with Crippen LogP contribution in [0.3, 0.4) is 0 Å². The fourth-order valence-corrected chi connectivity index (χ4v) is 2.47. The van der Waals surface area contributed by atoms with E-state index in [2.05, 4.69) is 18.8 Å². The van der Waals surface area contributed by atoms with E-state index in [0.29, 0.717) is 6.10 Å². The minimum Gasteiger partial charge on any atom is -0.352 e. The second-order valence-corrected chi connectivity index (χ2v) is 4.85. The Morgan fingerprint density at radius 2 is 2.20 bits per heavy atom. The topological polar surface area (TPSA) is 12.5 Å². The highest BCUT2D eigenvalue weighted by Crippen LogP contribution is 2.45. The van der Waals surface area contributed by atoms with E-state index in [1.54, 1.807) is 0 Å². The number of rotatable bonds is 3. The van der Waals surface area contributed by atoms with Crippen LogP contribution in [0, 0.1) is 11.8 Å². The number of hydrogen-bond acceptors (Lipinski definition) is 1. The molecule has 1 heterocycles. The zero-order valence-corrected chi connectivity index (χ0v) is 9.85. The zero-order chi connectivity index (χ0) is 10.6. The van der Waals surface area contributed by atoms with Crippen LogP contribution in [0.15, 0.2) is 0 Å². The Labute approximate surface area is 93.6 Å². The van der Waals surface area contributed by atoms with Gasteiger partial charge in [-0.1, -0.05) is 38.5 Å². The SMILES string of the molecule is CCCCCC#CC12CCCCCC1O2. The van der Waals surface area contributed by atoms with Gasteiger partial charge in [-0.2, -0.15) is 0 Å². The summed E-state index contributed by atoms with van der Waals surface area (Å²) in [7, 11) is 0. The van der Waals surface area contributed by atoms with Crippen LogP contribution in [0.1, 0.15) is 64.7 Å². The molecule has 0 amide bonds. The Kier molecular flexibility index (Phi) is 3.70. The molecule has 1 aliphatic carbocycles. The van der Waals surface area contributed by atoms with E-state index in [-0.39, 0.29) is 5.60 Å². The highest BCUT2D eigenvalue weighted by molar-refractivity contribution is 5.25. The van der Waals surface area contributed by atoms with E-state index in [4.69, 9.17) is 4.74 Å². The molecular formula is C14H22O. The lowest BCUT2D eigenvalue weighted by Crippen LogP contribution is -2.10. The van der Waals surface area contributed by atoms with E-state index in [9.17, 15) is 0 Å². The van der Waals surface area contributed by atoms with Crippen LogP contribution in [0.25, 0.3) is 0 Å². The van der Waals surface area contributed by atoms with Crippen LogP contribution in [0.4, 0.5) is 0 Å². The molecule has 2 unspecified atom stereocenters. The summed E-state index contributed by atoms with van der Waals surface area (Å²) in [5, 5.41) is 0. The van der Waals surface area contributed by atoms with Gasteiger partial charge in [-0.15, -0.1) is 5.92 Å². The van der Waals surface area contributed by atoms with Crippen molar-refractivity contribution in [2.45, 2.75) is 76.4 Å². The number of ether oxygens (including phenoxy) is 1. The van der Waals surface area contributed by atoms with E-state index in [0.717, 1.165) is 6.42 Å². The van der Waals surface area contributed by atoms with Crippen LogP contribution in [-0.4, -0.2) is 11.7 Å². The summed E-state index contributed by atoms with van der Waals surface area (Å²) in [6.45, 7) is 2.23. The van der Waals surface area contributed by atoms with Crippen molar-refractivity contribution in [3.8, 4) is 11.8 Å². The maximum absolute atomic E-state index is 5.78. The molecule has 2 fully saturated rings. The minimum absolute atomic E-state index is 0.0166. The number of fused-ring (bicyclic) bond motifs is 1. The van der Waals surface area contributed by atoms with Crippen molar-refractivity contribution in [3.05, 3.63) is 0 Å². The predicted octanol–water partition coefficient (Wildman–Crippen LogP) is 3.67. The standard InChI is InChI=1S/C14H22O/c1-2-3-4-5-8-11-14-12-9-6-7-10-13(14)15-14/h13H,2-7,9-10,12H2,1H3. The van der Waals surface area contributed by atoms with Crippen molar-refractivity contribution in [1.29, 1.82) is 0 Å². The number of epoxide rings is 1. The molecule has 1 nitrogen and oxygen atoms in total. The molecule has 0 spiro atoms. The van der Waals surface area contributed by atoms with E-state index in [1.807, 2.05) is 0 Å². The Balaban J connectivity index is 1.78. The fraction of sp³-hybridized carbons (Fsp3) is 0.857. The van der Waals surface area contributed by atoms with Gasteiger partial charge < -0.3 is 4.74 Å². The summed E-state index contributed by atoms with van der Waals surface area (Å²) in [5.41, 5.74) is 0.0166. The quantitative estimate of drug-likeness (QED) is 0.390. The molecule has 1 saturated carbocycles. The van der Waals surface area contributed by atoms with Gasteiger partial charge in [0.25, 0.3) is 0 Å². The molecule has 1 aliphatic heterocycles. The molecule has 0 aromatic carbocycles. The highest BCUT2D eigenvalue weighted by Gasteiger charge is 2.54. The number of hydrogen-bond donors (Lipinski definition) is 0. The van der Waals surface area contributed by atoms with Crippen LogP contribution in [0.5, 0.6) is 0 Å². The smallest absolute Gasteiger partial charge is 0.155 e. The molecule has 15 heavy (non-hydrogen) atoms. The first-order chi connectivity index (χ1) is 7.37. The normalized spacial score (nSPS) is 33.5. The van der Waals surface area contributed by atoms with E-state index >= 15 is 0 Å². The van der Waals surface area contributed by atoms with Gasteiger partial charge in [0.1, 0.15) is 0 Å². The Morgan fingerprint density at radius 3 is 3.07 bits per heavy atom. The molecule has 0 radical (unpaired) electrons. The van der Waals surface area contributed by atoms with Crippen molar-refractivity contribution in [2.24, 2.45) is 0 Å². The number of unbranched alkanes of at least 4 members (excludes halogenated alkanes) is 3. The lowest BCUT2D eigenvalue weighted by molar-refractivity contribution is 0.303. The van der Waals surface area contributed by atoms with Gasteiger partial charge in [0.05, 0.1) is 6.10 Å². The predicted molar refractivity (Wildman–Crippen MR) is 62.6 cm³/mol. The third kappa shape index (κ3) is 2.75. The lowest BCUT2D eigenvalue weighted by Gasteiger charge is -2.00.